The molecule has 0 radical (unpaired) electrons. The molecule has 0 saturated heterocycles. The van der Waals surface area contributed by atoms with Crippen LogP contribution in [0.1, 0.15) is 41.4 Å². The van der Waals surface area contributed by atoms with Crippen molar-refractivity contribution in [3.05, 3.63) is 62.0 Å². The van der Waals surface area contributed by atoms with E-state index in [2.05, 4.69) is 14.9 Å². The molecule has 1 aromatic heterocycles. The van der Waals surface area contributed by atoms with Crippen molar-refractivity contribution < 1.29 is 4.39 Å². The van der Waals surface area contributed by atoms with Crippen LogP contribution in [0.25, 0.3) is 0 Å². The van der Waals surface area contributed by atoms with E-state index < -0.39 is 5.82 Å². The molecule has 2 aromatic rings. The highest BCUT2D eigenvalue weighted by atomic mass is 35.5. The van der Waals surface area contributed by atoms with E-state index in [0.717, 1.165) is 42.0 Å². The summed E-state index contributed by atoms with van der Waals surface area (Å²) in [6, 6.07) is 4.80. The smallest absolute Gasteiger partial charge is 0.254 e. The molecule has 0 bridgehead atoms. The second kappa shape index (κ2) is 5.73. The number of rotatable bonds is 3. The molecule has 1 saturated carbocycles. The van der Waals surface area contributed by atoms with Gasteiger partial charge in [-0.2, -0.15) is 0 Å². The summed E-state index contributed by atoms with van der Waals surface area (Å²) in [5, 5.41) is 0.144. The number of hydrogen-bond acceptors (Lipinski definition) is 3. The Labute approximate surface area is 138 Å². The maximum absolute atomic E-state index is 13.3. The molecule has 1 N–H and O–H groups in total. The molecule has 0 spiro atoms. The predicted molar refractivity (Wildman–Crippen MR) is 86.1 cm³/mol. The normalized spacial score (nSPS) is 18.0. The van der Waals surface area contributed by atoms with Gasteiger partial charge in [-0.3, -0.25) is 9.69 Å². The van der Waals surface area contributed by atoms with E-state index in [4.69, 9.17) is 11.6 Å². The molecule has 1 aliphatic heterocycles. The average Bonchev–Trinajstić information content (AvgIpc) is 3.35. The van der Waals surface area contributed by atoms with Gasteiger partial charge in [0.25, 0.3) is 5.56 Å². The molecular weight excluding hydrogens is 317 g/mol. The zero-order valence-corrected chi connectivity index (χ0v) is 13.4. The molecule has 1 aliphatic carbocycles. The monoisotopic (exact) mass is 333 g/mol. The van der Waals surface area contributed by atoms with Crippen molar-refractivity contribution in [2.24, 2.45) is 0 Å². The maximum atomic E-state index is 13.3. The highest BCUT2D eigenvalue weighted by Gasteiger charge is 2.29. The molecule has 23 heavy (non-hydrogen) atoms. The minimum Gasteiger partial charge on any atom is -0.310 e. The van der Waals surface area contributed by atoms with Crippen molar-refractivity contribution in [1.82, 2.24) is 14.9 Å². The van der Waals surface area contributed by atoms with Gasteiger partial charge in [-0.15, -0.1) is 0 Å². The highest BCUT2D eigenvalue weighted by Crippen LogP contribution is 2.37. The third-order valence-corrected chi connectivity index (χ3v) is 4.81. The lowest BCUT2D eigenvalue weighted by Gasteiger charge is -2.27. The Bertz CT molecular complexity index is 816. The number of hydrogen-bond donors (Lipinski definition) is 1. The molecule has 2 heterocycles. The number of aromatic nitrogens is 2. The summed E-state index contributed by atoms with van der Waals surface area (Å²) in [5.74, 6) is 0.862. The SMILES string of the molecule is O=c1[nH]c(C2CC2)nc2c1CCN(Cc1ccc(F)c(Cl)c1)C2. The molecule has 0 unspecified atom stereocenters. The molecule has 6 heteroatoms. The molecule has 4 nitrogen and oxygen atoms in total. The Hall–Kier alpha value is -1.72. The number of benzene rings is 1. The summed E-state index contributed by atoms with van der Waals surface area (Å²) in [6.45, 7) is 2.11. The zero-order chi connectivity index (χ0) is 16.0. The topological polar surface area (TPSA) is 49.0 Å². The van der Waals surface area contributed by atoms with Gasteiger partial charge in [0.2, 0.25) is 0 Å². The van der Waals surface area contributed by atoms with E-state index in [1.807, 2.05) is 0 Å². The number of aromatic amines is 1. The molecule has 1 fully saturated rings. The van der Waals surface area contributed by atoms with Gasteiger partial charge in [0.1, 0.15) is 11.6 Å². The fourth-order valence-electron chi connectivity index (χ4n) is 3.09. The molecule has 0 atom stereocenters. The third-order valence-electron chi connectivity index (χ3n) is 4.53. The van der Waals surface area contributed by atoms with Crippen molar-refractivity contribution in [1.29, 1.82) is 0 Å². The fourth-order valence-corrected chi connectivity index (χ4v) is 3.30. The number of fused-ring (bicyclic) bond motifs is 1. The standard InChI is InChI=1S/C17H17ClFN3O/c18-13-7-10(1-4-14(13)19)8-22-6-5-12-15(9-22)20-16(11-2-3-11)21-17(12)23/h1,4,7,11H,2-3,5-6,8-9H2,(H,20,21,23). The van der Waals surface area contributed by atoms with Crippen molar-refractivity contribution in [3.63, 3.8) is 0 Å². The van der Waals surface area contributed by atoms with E-state index in [-0.39, 0.29) is 10.6 Å². The Morgan fingerprint density at radius 1 is 1.39 bits per heavy atom. The number of halogens is 2. The molecule has 120 valence electrons. The third kappa shape index (κ3) is 3.03. The van der Waals surface area contributed by atoms with Crippen LogP contribution in [0, 0.1) is 5.82 Å². The minimum atomic E-state index is -0.401. The Kier molecular flexibility index (Phi) is 3.70. The van der Waals surface area contributed by atoms with Crippen molar-refractivity contribution in [2.45, 2.75) is 38.3 Å². The first-order valence-electron chi connectivity index (χ1n) is 7.88. The van der Waals surface area contributed by atoms with Crippen LogP contribution in [0.5, 0.6) is 0 Å². The largest absolute Gasteiger partial charge is 0.310 e. The van der Waals surface area contributed by atoms with Crippen LogP contribution in [-0.2, 0) is 19.5 Å². The van der Waals surface area contributed by atoms with Crippen molar-refractivity contribution in [2.75, 3.05) is 6.54 Å². The quantitative estimate of drug-likeness (QED) is 0.939. The van der Waals surface area contributed by atoms with E-state index in [9.17, 15) is 9.18 Å². The van der Waals surface area contributed by atoms with Crippen LogP contribution in [0.15, 0.2) is 23.0 Å². The lowest BCUT2D eigenvalue weighted by atomic mass is 10.1. The van der Waals surface area contributed by atoms with Gasteiger partial charge in [0, 0.05) is 31.1 Å². The maximum Gasteiger partial charge on any atom is 0.254 e. The van der Waals surface area contributed by atoms with E-state index in [0.29, 0.717) is 25.4 Å². The second-order valence-corrected chi connectivity index (χ2v) is 6.77. The van der Waals surface area contributed by atoms with Gasteiger partial charge in [0.15, 0.2) is 0 Å². The van der Waals surface area contributed by atoms with Gasteiger partial charge in [-0.05, 0) is 37.0 Å². The number of H-pyrrole nitrogens is 1. The molecule has 4 rings (SSSR count). The van der Waals surface area contributed by atoms with E-state index in [1.54, 1.807) is 12.1 Å². The van der Waals surface area contributed by atoms with Crippen LogP contribution in [-0.4, -0.2) is 21.4 Å². The predicted octanol–water partition coefficient (Wildman–Crippen LogP) is 3.00. The molecule has 1 aromatic carbocycles. The first kappa shape index (κ1) is 14.8. The highest BCUT2D eigenvalue weighted by molar-refractivity contribution is 6.30. The van der Waals surface area contributed by atoms with Crippen LogP contribution in [0.3, 0.4) is 0 Å². The summed E-state index contributed by atoms with van der Waals surface area (Å²) in [6.07, 6.45) is 2.91. The summed E-state index contributed by atoms with van der Waals surface area (Å²) in [5.41, 5.74) is 2.67. The summed E-state index contributed by atoms with van der Waals surface area (Å²) >= 11 is 5.84. The number of nitrogens with zero attached hydrogens (tertiary/aromatic N) is 2. The van der Waals surface area contributed by atoms with Gasteiger partial charge < -0.3 is 4.98 Å². The van der Waals surface area contributed by atoms with Crippen LogP contribution in [0.4, 0.5) is 4.39 Å². The van der Waals surface area contributed by atoms with Crippen molar-refractivity contribution in [3.8, 4) is 0 Å². The molecule has 0 amide bonds. The summed E-state index contributed by atoms with van der Waals surface area (Å²) < 4.78 is 13.3. The van der Waals surface area contributed by atoms with Gasteiger partial charge in [-0.1, -0.05) is 17.7 Å². The first-order chi connectivity index (χ1) is 11.1. The minimum absolute atomic E-state index is 0.0152. The van der Waals surface area contributed by atoms with Crippen LogP contribution >= 0.6 is 11.6 Å². The second-order valence-electron chi connectivity index (χ2n) is 6.36. The van der Waals surface area contributed by atoms with E-state index >= 15 is 0 Å². The zero-order valence-electron chi connectivity index (χ0n) is 12.6. The summed E-state index contributed by atoms with van der Waals surface area (Å²) in [7, 11) is 0. The average molecular weight is 334 g/mol. The van der Waals surface area contributed by atoms with Crippen LogP contribution < -0.4 is 5.56 Å². The number of nitrogens with one attached hydrogen (secondary N) is 1. The Morgan fingerprint density at radius 2 is 2.22 bits per heavy atom. The summed E-state index contributed by atoms with van der Waals surface area (Å²) in [4.78, 5) is 22.0. The lowest BCUT2D eigenvalue weighted by Crippen LogP contribution is -2.35. The Morgan fingerprint density at radius 3 is 2.96 bits per heavy atom. The van der Waals surface area contributed by atoms with E-state index in [1.165, 1.54) is 6.07 Å². The van der Waals surface area contributed by atoms with Gasteiger partial charge in [0.05, 0.1) is 10.7 Å². The molecular formula is C17H17ClFN3O. The lowest BCUT2D eigenvalue weighted by molar-refractivity contribution is 0.240. The van der Waals surface area contributed by atoms with Gasteiger partial charge >= 0.3 is 0 Å². The van der Waals surface area contributed by atoms with Crippen molar-refractivity contribution >= 4 is 11.6 Å². The molecule has 2 aliphatic rings. The Balaban J connectivity index is 1.55. The first-order valence-corrected chi connectivity index (χ1v) is 8.26. The van der Waals surface area contributed by atoms with Crippen LogP contribution in [0.2, 0.25) is 5.02 Å². The van der Waals surface area contributed by atoms with Gasteiger partial charge in [-0.25, -0.2) is 9.37 Å². The fraction of sp³-hybridized carbons (Fsp3) is 0.412.